The van der Waals surface area contributed by atoms with E-state index < -0.39 is 0 Å². The maximum Gasteiger partial charge on any atom is 0.243 e. The fourth-order valence-electron chi connectivity index (χ4n) is 3.16. The summed E-state index contributed by atoms with van der Waals surface area (Å²) in [5, 5.41) is 4.15. The lowest BCUT2D eigenvalue weighted by atomic mass is 9.85. The van der Waals surface area contributed by atoms with Crippen molar-refractivity contribution in [3.8, 4) is 0 Å². The smallest absolute Gasteiger partial charge is 0.243 e. The van der Waals surface area contributed by atoms with Gasteiger partial charge in [0.25, 0.3) is 0 Å². The van der Waals surface area contributed by atoms with Crippen LogP contribution in [0, 0.1) is 11.8 Å². The van der Waals surface area contributed by atoms with Gasteiger partial charge in [0.15, 0.2) is 0 Å². The zero-order valence-electron chi connectivity index (χ0n) is 13.5. The van der Waals surface area contributed by atoms with Crippen LogP contribution in [0.3, 0.4) is 0 Å². The molecule has 0 radical (unpaired) electrons. The summed E-state index contributed by atoms with van der Waals surface area (Å²) in [6, 6.07) is -0.181. The van der Waals surface area contributed by atoms with Crippen molar-refractivity contribution < 1.29 is 9.26 Å². The first-order valence-corrected chi connectivity index (χ1v) is 8.32. The van der Waals surface area contributed by atoms with Gasteiger partial charge in [0.2, 0.25) is 11.7 Å². The third kappa shape index (κ3) is 4.51. The summed E-state index contributed by atoms with van der Waals surface area (Å²) in [6.07, 6.45) is 7.05. The zero-order valence-corrected chi connectivity index (χ0v) is 13.5. The van der Waals surface area contributed by atoms with Gasteiger partial charge >= 0.3 is 0 Å². The van der Waals surface area contributed by atoms with Crippen LogP contribution in [0.2, 0.25) is 0 Å². The van der Waals surface area contributed by atoms with Crippen molar-refractivity contribution in [1.29, 1.82) is 0 Å². The minimum absolute atomic E-state index is 0.0425. The van der Waals surface area contributed by atoms with Gasteiger partial charge in [-0.05, 0) is 38.0 Å². The average molecular weight is 295 g/mol. The van der Waals surface area contributed by atoms with E-state index in [9.17, 15) is 0 Å². The highest BCUT2D eigenvalue weighted by molar-refractivity contribution is 4.98. The molecule has 2 rings (SSSR count). The highest BCUT2D eigenvalue weighted by Crippen LogP contribution is 2.36. The number of nitrogens with zero attached hydrogens (tertiary/aromatic N) is 2. The molecule has 1 saturated carbocycles. The van der Waals surface area contributed by atoms with Gasteiger partial charge in [-0.15, -0.1) is 0 Å². The molecule has 1 aromatic rings. The largest absolute Gasteiger partial charge is 0.370 e. The standard InChI is InChI=1S/C16H29N3O2/c1-4-20-14(12-8-6-5-7-9-12)15-18-16(21-19-15)13(17)10-11(2)3/h11-14H,4-10,17H2,1-3H3/t13-,14?/m0/s1. The minimum atomic E-state index is -0.181. The fourth-order valence-corrected chi connectivity index (χ4v) is 3.16. The van der Waals surface area contributed by atoms with Crippen molar-refractivity contribution >= 4 is 0 Å². The van der Waals surface area contributed by atoms with Gasteiger partial charge in [-0.25, -0.2) is 0 Å². The average Bonchev–Trinajstić information content (AvgIpc) is 2.94. The maximum atomic E-state index is 6.12. The number of ether oxygens (including phenoxy) is 1. The third-order valence-electron chi connectivity index (χ3n) is 4.18. The molecule has 120 valence electrons. The van der Waals surface area contributed by atoms with Crippen LogP contribution in [0.15, 0.2) is 4.52 Å². The quantitative estimate of drug-likeness (QED) is 0.828. The molecule has 2 atom stereocenters. The van der Waals surface area contributed by atoms with Gasteiger partial charge in [-0.2, -0.15) is 4.98 Å². The molecular formula is C16H29N3O2. The molecule has 0 aromatic carbocycles. The van der Waals surface area contributed by atoms with Crippen molar-refractivity contribution in [2.24, 2.45) is 17.6 Å². The van der Waals surface area contributed by atoms with Crippen LogP contribution < -0.4 is 5.73 Å². The summed E-state index contributed by atoms with van der Waals surface area (Å²) in [5.74, 6) is 2.24. The molecule has 5 nitrogen and oxygen atoms in total. The number of rotatable bonds is 7. The van der Waals surface area contributed by atoms with Gasteiger partial charge in [-0.1, -0.05) is 38.3 Å². The Kier molecular flexibility index (Phi) is 6.18. The first-order valence-electron chi connectivity index (χ1n) is 8.32. The second kappa shape index (κ2) is 7.90. The van der Waals surface area contributed by atoms with Crippen molar-refractivity contribution in [3.05, 3.63) is 11.7 Å². The summed E-state index contributed by atoms with van der Waals surface area (Å²) in [7, 11) is 0. The van der Waals surface area contributed by atoms with Crippen molar-refractivity contribution in [2.75, 3.05) is 6.61 Å². The Morgan fingerprint density at radius 3 is 2.62 bits per heavy atom. The van der Waals surface area contributed by atoms with E-state index in [4.69, 9.17) is 15.0 Å². The Labute approximate surface area is 127 Å². The lowest BCUT2D eigenvalue weighted by molar-refractivity contribution is -0.00145. The minimum Gasteiger partial charge on any atom is -0.370 e. The summed E-state index contributed by atoms with van der Waals surface area (Å²) < 4.78 is 11.3. The first kappa shape index (κ1) is 16.4. The molecule has 0 bridgehead atoms. The van der Waals surface area contributed by atoms with E-state index in [-0.39, 0.29) is 12.1 Å². The molecule has 21 heavy (non-hydrogen) atoms. The molecule has 5 heteroatoms. The summed E-state index contributed by atoms with van der Waals surface area (Å²) >= 11 is 0. The van der Waals surface area contributed by atoms with E-state index in [1.54, 1.807) is 0 Å². The molecular weight excluding hydrogens is 266 g/mol. The SMILES string of the molecule is CCOC(c1noc([C@@H](N)CC(C)C)n1)C1CCCCC1. The summed E-state index contributed by atoms with van der Waals surface area (Å²) in [5.41, 5.74) is 6.12. The molecule has 0 aliphatic heterocycles. The Bertz CT molecular complexity index is 413. The van der Waals surface area contributed by atoms with Gasteiger partial charge in [-0.3, -0.25) is 0 Å². The predicted octanol–water partition coefficient (Wildman–Crippen LogP) is 3.77. The molecule has 0 amide bonds. The van der Waals surface area contributed by atoms with E-state index >= 15 is 0 Å². The van der Waals surface area contributed by atoms with Crippen LogP contribution in [-0.4, -0.2) is 16.7 Å². The molecule has 1 fully saturated rings. The Morgan fingerprint density at radius 1 is 1.29 bits per heavy atom. The molecule has 1 heterocycles. The monoisotopic (exact) mass is 295 g/mol. The van der Waals surface area contributed by atoms with E-state index in [0.717, 1.165) is 6.42 Å². The molecule has 0 spiro atoms. The maximum absolute atomic E-state index is 6.12. The summed E-state index contributed by atoms with van der Waals surface area (Å²) in [6.45, 7) is 6.97. The highest BCUT2D eigenvalue weighted by atomic mass is 16.5. The first-order chi connectivity index (χ1) is 10.1. The second-order valence-electron chi connectivity index (χ2n) is 6.50. The third-order valence-corrected chi connectivity index (χ3v) is 4.18. The van der Waals surface area contributed by atoms with Crippen molar-refractivity contribution in [2.45, 2.75) is 71.4 Å². The fraction of sp³-hybridized carbons (Fsp3) is 0.875. The van der Waals surface area contributed by atoms with Crippen LogP contribution in [0.25, 0.3) is 0 Å². The van der Waals surface area contributed by atoms with Gasteiger partial charge in [0, 0.05) is 6.61 Å². The number of aromatic nitrogens is 2. The van der Waals surface area contributed by atoms with E-state index in [1.165, 1.54) is 32.1 Å². The van der Waals surface area contributed by atoms with Crippen LogP contribution in [-0.2, 0) is 4.74 Å². The Morgan fingerprint density at radius 2 is 2.00 bits per heavy atom. The van der Waals surface area contributed by atoms with Gasteiger partial charge in [0.1, 0.15) is 6.10 Å². The predicted molar refractivity (Wildman–Crippen MR) is 81.6 cm³/mol. The molecule has 1 unspecified atom stereocenters. The van der Waals surface area contributed by atoms with E-state index in [1.807, 2.05) is 6.92 Å². The Hall–Kier alpha value is -0.940. The van der Waals surface area contributed by atoms with E-state index in [2.05, 4.69) is 24.0 Å². The number of hydrogen-bond acceptors (Lipinski definition) is 5. The molecule has 1 aliphatic rings. The van der Waals surface area contributed by atoms with Crippen LogP contribution in [0.5, 0.6) is 0 Å². The van der Waals surface area contributed by atoms with Crippen LogP contribution in [0.4, 0.5) is 0 Å². The van der Waals surface area contributed by atoms with Crippen LogP contribution in [0.1, 0.15) is 83.2 Å². The molecule has 0 saturated heterocycles. The second-order valence-corrected chi connectivity index (χ2v) is 6.50. The highest BCUT2D eigenvalue weighted by Gasteiger charge is 2.30. The normalized spacial score (nSPS) is 19.9. The van der Waals surface area contributed by atoms with Crippen molar-refractivity contribution in [3.63, 3.8) is 0 Å². The Balaban J connectivity index is 2.07. The molecule has 1 aliphatic carbocycles. The number of nitrogens with two attached hydrogens (primary N) is 1. The molecule has 1 aromatic heterocycles. The lowest BCUT2D eigenvalue weighted by Gasteiger charge is -2.27. The van der Waals surface area contributed by atoms with E-state index in [0.29, 0.717) is 30.2 Å². The van der Waals surface area contributed by atoms with Crippen molar-refractivity contribution in [1.82, 2.24) is 10.1 Å². The van der Waals surface area contributed by atoms with Gasteiger partial charge < -0.3 is 15.0 Å². The lowest BCUT2D eigenvalue weighted by Crippen LogP contribution is -2.20. The van der Waals surface area contributed by atoms with Crippen LogP contribution >= 0.6 is 0 Å². The number of hydrogen-bond donors (Lipinski definition) is 1. The zero-order chi connectivity index (χ0) is 15.2. The molecule has 2 N–H and O–H groups in total. The topological polar surface area (TPSA) is 74.2 Å². The summed E-state index contributed by atoms with van der Waals surface area (Å²) in [4.78, 5) is 4.53. The van der Waals surface area contributed by atoms with Gasteiger partial charge in [0.05, 0.1) is 6.04 Å².